The maximum atomic E-state index is 12.9. The van der Waals surface area contributed by atoms with Crippen LogP contribution in [0, 0.1) is 15.9 Å². The zero-order valence-electron chi connectivity index (χ0n) is 9.13. The summed E-state index contributed by atoms with van der Waals surface area (Å²) in [6, 6.07) is 2.76. The Labute approximate surface area is 99.8 Å². The maximum absolute atomic E-state index is 12.9. The molecule has 1 rings (SSSR count). The molecular weight excluding hydrogens is 256 g/mol. The normalized spacial score (nSPS) is 11.3. The van der Waals surface area contributed by atoms with Crippen molar-refractivity contribution < 1.29 is 22.5 Å². The van der Waals surface area contributed by atoms with Gasteiger partial charge in [-0.15, -0.1) is 0 Å². The van der Waals surface area contributed by atoms with Crippen LogP contribution in [0.4, 0.5) is 28.9 Å². The molecule has 0 spiro atoms. The molecule has 1 N–H and O–H groups in total. The highest BCUT2D eigenvalue weighted by atomic mass is 19.4. The summed E-state index contributed by atoms with van der Waals surface area (Å²) >= 11 is 0. The lowest BCUT2D eigenvalue weighted by Gasteiger charge is -2.08. The van der Waals surface area contributed by atoms with Crippen molar-refractivity contribution >= 4 is 11.4 Å². The second kappa shape index (κ2) is 5.65. The van der Waals surface area contributed by atoms with Gasteiger partial charge < -0.3 is 5.32 Å². The smallest absolute Gasteiger partial charge is 0.379 e. The van der Waals surface area contributed by atoms with Crippen LogP contribution in [-0.2, 0) is 0 Å². The molecule has 0 aromatic heterocycles. The number of alkyl halides is 3. The molecule has 1 aromatic rings. The lowest BCUT2D eigenvalue weighted by atomic mass is 10.2. The van der Waals surface area contributed by atoms with Gasteiger partial charge in [0.15, 0.2) is 0 Å². The van der Waals surface area contributed by atoms with E-state index < -0.39 is 23.3 Å². The van der Waals surface area contributed by atoms with Gasteiger partial charge in [-0.05, 0) is 12.5 Å². The number of nitrogens with zero attached hydrogens (tertiary/aromatic N) is 1. The average molecular weight is 266 g/mol. The van der Waals surface area contributed by atoms with Crippen LogP contribution >= 0.6 is 0 Å². The van der Waals surface area contributed by atoms with Crippen molar-refractivity contribution in [2.75, 3.05) is 11.9 Å². The molecule has 18 heavy (non-hydrogen) atoms. The third-order valence-corrected chi connectivity index (χ3v) is 2.11. The van der Waals surface area contributed by atoms with Crippen molar-refractivity contribution in [1.82, 2.24) is 0 Å². The number of hydrogen-bond donors (Lipinski definition) is 1. The Morgan fingerprint density at radius 3 is 2.56 bits per heavy atom. The SMILES string of the molecule is O=[N+]([O-])c1ccc(F)cc1NCCCC(F)(F)F. The van der Waals surface area contributed by atoms with E-state index in [0.717, 1.165) is 18.2 Å². The highest BCUT2D eigenvalue weighted by Gasteiger charge is 2.26. The zero-order valence-corrected chi connectivity index (χ0v) is 9.13. The minimum absolute atomic E-state index is 0.121. The molecule has 100 valence electrons. The fraction of sp³-hybridized carbons (Fsp3) is 0.400. The summed E-state index contributed by atoms with van der Waals surface area (Å²) in [5, 5.41) is 13.0. The van der Waals surface area contributed by atoms with Crippen LogP contribution in [0.15, 0.2) is 18.2 Å². The van der Waals surface area contributed by atoms with Crippen molar-refractivity contribution in [2.24, 2.45) is 0 Å². The van der Waals surface area contributed by atoms with Crippen LogP contribution in [0.3, 0.4) is 0 Å². The summed E-state index contributed by atoms with van der Waals surface area (Å²) in [6.07, 6.45) is -5.50. The van der Waals surface area contributed by atoms with E-state index in [2.05, 4.69) is 5.32 Å². The Morgan fingerprint density at radius 2 is 2.00 bits per heavy atom. The number of anilines is 1. The Hall–Kier alpha value is -1.86. The summed E-state index contributed by atoms with van der Waals surface area (Å²) < 4.78 is 48.4. The number of nitrogens with one attached hydrogen (secondary N) is 1. The zero-order chi connectivity index (χ0) is 13.8. The number of nitro groups is 1. The number of rotatable bonds is 5. The van der Waals surface area contributed by atoms with Crippen LogP contribution in [0.2, 0.25) is 0 Å². The van der Waals surface area contributed by atoms with E-state index in [9.17, 15) is 27.7 Å². The first-order chi connectivity index (χ1) is 8.29. The van der Waals surface area contributed by atoms with Crippen molar-refractivity contribution in [3.05, 3.63) is 34.1 Å². The van der Waals surface area contributed by atoms with Gasteiger partial charge >= 0.3 is 6.18 Å². The third-order valence-electron chi connectivity index (χ3n) is 2.11. The van der Waals surface area contributed by atoms with E-state index in [4.69, 9.17) is 0 Å². The van der Waals surface area contributed by atoms with Crippen LogP contribution in [0.25, 0.3) is 0 Å². The average Bonchev–Trinajstić information content (AvgIpc) is 2.22. The Morgan fingerprint density at radius 1 is 1.33 bits per heavy atom. The molecule has 0 saturated heterocycles. The van der Waals surface area contributed by atoms with Gasteiger partial charge in [0.1, 0.15) is 11.5 Å². The van der Waals surface area contributed by atoms with Gasteiger partial charge in [0, 0.05) is 25.1 Å². The first-order valence-corrected chi connectivity index (χ1v) is 5.04. The predicted molar refractivity (Wildman–Crippen MR) is 56.8 cm³/mol. The Bertz CT molecular complexity index is 434. The largest absolute Gasteiger partial charge is 0.389 e. The summed E-state index contributed by atoms with van der Waals surface area (Å²) in [5.41, 5.74) is -0.495. The first-order valence-electron chi connectivity index (χ1n) is 5.04. The summed E-state index contributed by atoms with van der Waals surface area (Å²) in [5.74, 6) is -0.695. The molecule has 0 atom stereocenters. The molecule has 0 fully saturated rings. The molecule has 0 heterocycles. The van der Waals surface area contributed by atoms with E-state index in [-0.39, 0.29) is 24.3 Å². The highest BCUT2D eigenvalue weighted by molar-refractivity contribution is 5.61. The molecular formula is C10H10F4N2O2. The highest BCUT2D eigenvalue weighted by Crippen LogP contribution is 2.26. The molecule has 0 aliphatic rings. The summed E-state index contributed by atoms with van der Waals surface area (Å²) in [4.78, 5) is 9.86. The van der Waals surface area contributed by atoms with Crippen molar-refractivity contribution in [3.8, 4) is 0 Å². The minimum Gasteiger partial charge on any atom is -0.379 e. The molecule has 0 aliphatic heterocycles. The molecule has 0 aliphatic carbocycles. The van der Waals surface area contributed by atoms with E-state index in [0.29, 0.717) is 0 Å². The lowest BCUT2D eigenvalue weighted by Crippen LogP contribution is -2.11. The van der Waals surface area contributed by atoms with Gasteiger partial charge in [-0.2, -0.15) is 13.2 Å². The second-order valence-corrected chi connectivity index (χ2v) is 3.56. The number of halogens is 4. The number of benzene rings is 1. The molecule has 0 radical (unpaired) electrons. The van der Waals surface area contributed by atoms with Gasteiger partial charge in [-0.3, -0.25) is 10.1 Å². The van der Waals surface area contributed by atoms with Gasteiger partial charge in [0.05, 0.1) is 4.92 Å². The quantitative estimate of drug-likeness (QED) is 0.384. The van der Waals surface area contributed by atoms with E-state index in [1.54, 1.807) is 0 Å². The van der Waals surface area contributed by atoms with Gasteiger partial charge in [0.25, 0.3) is 5.69 Å². The molecule has 0 saturated carbocycles. The minimum atomic E-state index is -4.27. The van der Waals surface area contributed by atoms with Crippen LogP contribution in [-0.4, -0.2) is 17.6 Å². The summed E-state index contributed by atoms with van der Waals surface area (Å²) in [7, 11) is 0. The topological polar surface area (TPSA) is 55.2 Å². The molecule has 0 amide bonds. The first kappa shape index (κ1) is 14.2. The van der Waals surface area contributed by atoms with Gasteiger partial charge in [0.2, 0.25) is 0 Å². The number of nitro benzene ring substituents is 1. The van der Waals surface area contributed by atoms with Gasteiger partial charge in [-0.1, -0.05) is 0 Å². The van der Waals surface area contributed by atoms with E-state index >= 15 is 0 Å². The maximum Gasteiger partial charge on any atom is 0.389 e. The number of hydrogen-bond acceptors (Lipinski definition) is 3. The van der Waals surface area contributed by atoms with Crippen molar-refractivity contribution in [3.63, 3.8) is 0 Å². The van der Waals surface area contributed by atoms with Gasteiger partial charge in [-0.25, -0.2) is 4.39 Å². The predicted octanol–water partition coefficient (Wildman–Crippen LogP) is 3.49. The Balaban J connectivity index is 2.61. The fourth-order valence-corrected chi connectivity index (χ4v) is 1.32. The van der Waals surface area contributed by atoms with Crippen LogP contribution in [0.5, 0.6) is 0 Å². The van der Waals surface area contributed by atoms with Crippen molar-refractivity contribution in [1.29, 1.82) is 0 Å². The van der Waals surface area contributed by atoms with Crippen LogP contribution in [0.1, 0.15) is 12.8 Å². The van der Waals surface area contributed by atoms with Crippen LogP contribution < -0.4 is 5.32 Å². The Kier molecular flexibility index (Phi) is 4.46. The lowest BCUT2D eigenvalue weighted by molar-refractivity contribution is -0.384. The third kappa shape index (κ3) is 4.56. The van der Waals surface area contributed by atoms with Crippen molar-refractivity contribution in [2.45, 2.75) is 19.0 Å². The standard InChI is InChI=1S/C10H10F4N2O2/c11-7-2-3-9(16(17)18)8(6-7)15-5-1-4-10(12,13)14/h2-3,6,15H,1,4-5H2. The van der Waals surface area contributed by atoms with E-state index in [1.165, 1.54) is 0 Å². The molecule has 8 heteroatoms. The fourth-order valence-electron chi connectivity index (χ4n) is 1.32. The molecule has 0 bridgehead atoms. The van der Waals surface area contributed by atoms with E-state index in [1.807, 2.05) is 0 Å². The molecule has 0 unspecified atom stereocenters. The molecule has 4 nitrogen and oxygen atoms in total. The second-order valence-electron chi connectivity index (χ2n) is 3.56. The molecule has 1 aromatic carbocycles. The summed E-state index contributed by atoms with van der Waals surface area (Å²) in [6.45, 7) is -0.121. The monoisotopic (exact) mass is 266 g/mol.